The molecule has 0 saturated heterocycles. The van der Waals surface area contributed by atoms with E-state index in [4.69, 9.17) is 0 Å². The number of para-hydroxylation sites is 1. The summed E-state index contributed by atoms with van der Waals surface area (Å²) in [5.74, 6) is 0.629. The second kappa shape index (κ2) is 5.25. The van der Waals surface area contributed by atoms with Crippen molar-refractivity contribution in [3.8, 4) is 0 Å². The summed E-state index contributed by atoms with van der Waals surface area (Å²) in [6.07, 6.45) is 5.75. The van der Waals surface area contributed by atoms with E-state index in [2.05, 4.69) is 31.2 Å². The zero-order valence-electron chi connectivity index (χ0n) is 10.3. The van der Waals surface area contributed by atoms with Crippen LogP contribution in [0, 0.1) is 5.92 Å². The maximum Gasteiger partial charge on any atom is 0.253 e. The summed E-state index contributed by atoms with van der Waals surface area (Å²) in [5.41, 5.74) is 1.98. The van der Waals surface area contributed by atoms with E-state index in [0.29, 0.717) is 28.4 Å². The molecule has 1 aliphatic carbocycles. The number of rotatable bonds is 4. The van der Waals surface area contributed by atoms with Crippen LogP contribution in [-0.4, -0.2) is 27.2 Å². The second-order valence-corrected chi connectivity index (χ2v) is 5.97. The third-order valence-corrected chi connectivity index (χ3v) is 4.41. The van der Waals surface area contributed by atoms with Crippen molar-refractivity contribution >= 4 is 32.9 Å². The molecular formula is C14H14BrN3O. The topological polar surface area (TPSA) is 54.9 Å². The molecule has 1 aromatic carbocycles. The number of amides is 1. The third kappa shape index (κ3) is 2.76. The lowest BCUT2D eigenvalue weighted by Gasteiger charge is -2.10. The van der Waals surface area contributed by atoms with Gasteiger partial charge in [0.05, 0.1) is 11.1 Å². The van der Waals surface area contributed by atoms with Gasteiger partial charge < -0.3 is 5.32 Å². The van der Waals surface area contributed by atoms with Crippen molar-refractivity contribution in [1.29, 1.82) is 0 Å². The molecule has 2 aromatic rings. The number of benzene rings is 1. The fourth-order valence-corrected chi connectivity index (χ4v) is 2.78. The number of nitrogens with zero attached hydrogens (tertiary/aromatic N) is 2. The summed E-state index contributed by atoms with van der Waals surface area (Å²) in [4.78, 5) is 21.0. The number of nitrogens with one attached hydrogen (secondary N) is 1. The van der Waals surface area contributed by atoms with Crippen LogP contribution in [0.15, 0.2) is 30.6 Å². The average Bonchev–Trinajstić information content (AvgIpc) is 3.28. The van der Waals surface area contributed by atoms with Crippen LogP contribution in [-0.2, 0) is 0 Å². The summed E-state index contributed by atoms with van der Waals surface area (Å²) >= 11 is 3.61. The molecule has 0 aliphatic heterocycles. The van der Waals surface area contributed by atoms with Crippen LogP contribution in [0.4, 0.5) is 0 Å². The fourth-order valence-electron chi connectivity index (χ4n) is 2.09. The highest BCUT2D eigenvalue weighted by Crippen LogP contribution is 2.36. The molecule has 5 heteroatoms. The number of carbonyl (C=O) groups is 1. The molecule has 1 heterocycles. The van der Waals surface area contributed by atoms with Crippen molar-refractivity contribution in [3.05, 3.63) is 36.2 Å². The largest absolute Gasteiger partial charge is 0.351 e. The molecular weight excluding hydrogens is 306 g/mol. The summed E-state index contributed by atoms with van der Waals surface area (Å²) in [6, 6.07) is 5.47. The molecule has 19 heavy (non-hydrogen) atoms. The Labute approximate surface area is 119 Å². The average molecular weight is 320 g/mol. The summed E-state index contributed by atoms with van der Waals surface area (Å²) < 4.78 is 0. The van der Waals surface area contributed by atoms with Crippen molar-refractivity contribution in [3.63, 3.8) is 0 Å². The molecule has 1 N–H and O–H groups in total. The van der Waals surface area contributed by atoms with Crippen LogP contribution in [0.5, 0.6) is 0 Å². The minimum atomic E-state index is -0.0869. The van der Waals surface area contributed by atoms with Crippen LogP contribution in [0.2, 0.25) is 0 Å². The van der Waals surface area contributed by atoms with E-state index in [9.17, 15) is 4.79 Å². The van der Waals surface area contributed by atoms with Gasteiger partial charge in [0, 0.05) is 23.8 Å². The van der Waals surface area contributed by atoms with E-state index >= 15 is 0 Å². The molecule has 98 valence electrons. The van der Waals surface area contributed by atoms with Crippen LogP contribution >= 0.6 is 15.9 Å². The highest BCUT2D eigenvalue weighted by Gasteiger charge is 2.29. The Bertz CT molecular complexity index is 607. The standard InChI is InChI=1S/C14H14BrN3O/c15-11(9-4-5-9)8-18-14(19)10-2-1-3-12-13(10)17-7-6-16-12/h1-3,6-7,9,11H,4-5,8H2,(H,18,19). The first kappa shape index (κ1) is 12.5. The second-order valence-electron chi connectivity index (χ2n) is 4.79. The first-order chi connectivity index (χ1) is 9.25. The Hall–Kier alpha value is -1.49. The van der Waals surface area contributed by atoms with Gasteiger partial charge in [-0.05, 0) is 30.9 Å². The molecule has 1 unspecified atom stereocenters. The van der Waals surface area contributed by atoms with Crippen molar-refractivity contribution in [2.24, 2.45) is 5.92 Å². The highest BCUT2D eigenvalue weighted by atomic mass is 79.9. The van der Waals surface area contributed by atoms with Gasteiger partial charge in [-0.2, -0.15) is 0 Å². The maximum absolute atomic E-state index is 12.2. The maximum atomic E-state index is 12.2. The van der Waals surface area contributed by atoms with Gasteiger partial charge in [0.25, 0.3) is 5.91 Å². The van der Waals surface area contributed by atoms with Gasteiger partial charge >= 0.3 is 0 Å². The van der Waals surface area contributed by atoms with Gasteiger partial charge in [-0.15, -0.1) is 0 Å². The lowest BCUT2D eigenvalue weighted by Crippen LogP contribution is -2.30. The third-order valence-electron chi connectivity index (χ3n) is 3.33. The number of halogens is 1. The number of hydrogen-bond acceptors (Lipinski definition) is 3. The zero-order valence-corrected chi connectivity index (χ0v) is 11.9. The van der Waals surface area contributed by atoms with Crippen molar-refractivity contribution in [2.75, 3.05) is 6.54 Å². The number of fused-ring (bicyclic) bond motifs is 1. The van der Waals surface area contributed by atoms with E-state index < -0.39 is 0 Å². The minimum absolute atomic E-state index is 0.0869. The Balaban J connectivity index is 1.77. The predicted molar refractivity (Wildman–Crippen MR) is 77.3 cm³/mol. The van der Waals surface area contributed by atoms with Gasteiger partial charge in [0.15, 0.2) is 0 Å². The zero-order chi connectivity index (χ0) is 13.2. The van der Waals surface area contributed by atoms with Gasteiger partial charge in [-0.1, -0.05) is 22.0 Å². The molecule has 3 rings (SSSR count). The molecule has 1 fully saturated rings. The first-order valence-corrected chi connectivity index (χ1v) is 7.29. The normalized spacial score (nSPS) is 16.3. The van der Waals surface area contributed by atoms with E-state index in [1.165, 1.54) is 12.8 Å². The monoisotopic (exact) mass is 319 g/mol. The van der Waals surface area contributed by atoms with Crippen LogP contribution in [0.25, 0.3) is 11.0 Å². The summed E-state index contributed by atoms with van der Waals surface area (Å²) in [5, 5.41) is 2.96. The minimum Gasteiger partial charge on any atom is -0.351 e. The van der Waals surface area contributed by atoms with Gasteiger partial charge in [-0.25, -0.2) is 0 Å². The fraction of sp³-hybridized carbons (Fsp3) is 0.357. The summed E-state index contributed by atoms with van der Waals surface area (Å²) in [6.45, 7) is 0.653. The number of aromatic nitrogens is 2. The Kier molecular flexibility index (Phi) is 3.46. The van der Waals surface area contributed by atoms with Gasteiger partial charge in [0.1, 0.15) is 5.52 Å². The van der Waals surface area contributed by atoms with Crippen LogP contribution in [0.3, 0.4) is 0 Å². The van der Waals surface area contributed by atoms with Gasteiger partial charge in [-0.3, -0.25) is 14.8 Å². The summed E-state index contributed by atoms with van der Waals surface area (Å²) in [7, 11) is 0. The first-order valence-electron chi connectivity index (χ1n) is 6.37. The molecule has 1 atom stereocenters. The van der Waals surface area contributed by atoms with Crippen molar-refractivity contribution in [1.82, 2.24) is 15.3 Å². The smallest absolute Gasteiger partial charge is 0.253 e. The molecule has 0 spiro atoms. The number of alkyl halides is 1. The lowest BCUT2D eigenvalue weighted by molar-refractivity contribution is 0.0955. The number of hydrogen-bond donors (Lipinski definition) is 1. The van der Waals surface area contributed by atoms with Crippen LogP contribution < -0.4 is 5.32 Å². The van der Waals surface area contributed by atoms with E-state index in [1.54, 1.807) is 18.5 Å². The number of carbonyl (C=O) groups excluding carboxylic acids is 1. The van der Waals surface area contributed by atoms with E-state index in [1.807, 2.05) is 12.1 Å². The lowest BCUT2D eigenvalue weighted by atomic mass is 10.1. The van der Waals surface area contributed by atoms with E-state index in [0.717, 1.165) is 5.52 Å². The Morgan fingerprint density at radius 1 is 1.37 bits per heavy atom. The molecule has 1 aliphatic rings. The molecule has 1 saturated carbocycles. The highest BCUT2D eigenvalue weighted by molar-refractivity contribution is 9.09. The molecule has 0 bridgehead atoms. The Morgan fingerprint density at radius 2 is 2.16 bits per heavy atom. The van der Waals surface area contributed by atoms with Crippen molar-refractivity contribution < 1.29 is 4.79 Å². The Morgan fingerprint density at radius 3 is 2.95 bits per heavy atom. The molecule has 0 radical (unpaired) electrons. The quantitative estimate of drug-likeness (QED) is 0.881. The predicted octanol–water partition coefficient (Wildman–Crippen LogP) is 2.53. The SMILES string of the molecule is O=C(NCC(Br)C1CC1)c1cccc2nccnc12. The van der Waals surface area contributed by atoms with Crippen LogP contribution in [0.1, 0.15) is 23.2 Å². The van der Waals surface area contributed by atoms with E-state index in [-0.39, 0.29) is 5.91 Å². The van der Waals surface area contributed by atoms with Crippen molar-refractivity contribution in [2.45, 2.75) is 17.7 Å². The van der Waals surface area contributed by atoms with Gasteiger partial charge in [0.2, 0.25) is 0 Å². The molecule has 1 amide bonds. The molecule has 4 nitrogen and oxygen atoms in total. The molecule has 1 aromatic heterocycles.